The van der Waals surface area contributed by atoms with E-state index in [2.05, 4.69) is 0 Å². The van der Waals surface area contributed by atoms with Crippen LogP contribution in [0.3, 0.4) is 0 Å². The average molecular weight is 278 g/mol. The lowest BCUT2D eigenvalue weighted by Gasteiger charge is -2.43. The van der Waals surface area contributed by atoms with Crippen molar-refractivity contribution in [1.29, 1.82) is 0 Å². The molecule has 0 aliphatic carbocycles. The van der Waals surface area contributed by atoms with E-state index in [9.17, 15) is 9.90 Å². The van der Waals surface area contributed by atoms with Crippen LogP contribution in [0.1, 0.15) is 37.9 Å². The van der Waals surface area contributed by atoms with Crippen molar-refractivity contribution in [3.8, 4) is 5.75 Å². The Kier molecular flexibility index (Phi) is 3.54. The van der Waals surface area contributed by atoms with Gasteiger partial charge in [0.25, 0.3) is 0 Å². The maximum atomic E-state index is 11.5. The van der Waals surface area contributed by atoms with Gasteiger partial charge in [-0.1, -0.05) is 20.8 Å². The molecule has 1 heterocycles. The van der Waals surface area contributed by atoms with Crippen LogP contribution in [0, 0.1) is 5.41 Å². The third kappa shape index (κ3) is 2.40. The number of fused-ring (bicyclic) bond motifs is 1. The summed E-state index contributed by atoms with van der Waals surface area (Å²) in [4.78, 5) is 13.0. The van der Waals surface area contributed by atoms with Gasteiger partial charge >= 0.3 is 6.09 Å². The molecule has 0 fully saturated rings. The summed E-state index contributed by atoms with van der Waals surface area (Å²) in [6.07, 6.45) is -0.199. The number of nitrogens with two attached hydrogens (primary N) is 1. The molecule has 1 aliphatic heterocycles. The van der Waals surface area contributed by atoms with Crippen molar-refractivity contribution in [2.45, 2.75) is 33.2 Å². The molecule has 1 unspecified atom stereocenters. The summed E-state index contributed by atoms with van der Waals surface area (Å²) in [5, 5.41) is 9.44. The van der Waals surface area contributed by atoms with Gasteiger partial charge in [-0.3, -0.25) is 0 Å². The van der Waals surface area contributed by atoms with Crippen LogP contribution in [0.4, 0.5) is 10.5 Å². The fourth-order valence-electron chi connectivity index (χ4n) is 2.98. The highest BCUT2D eigenvalue weighted by Crippen LogP contribution is 2.44. The van der Waals surface area contributed by atoms with Gasteiger partial charge in [-0.25, -0.2) is 4.79 Å². The van der Waals surface area contributed by atoms with Gasteiger partial charge in [0.15, 0.2) is 0 Å². The quantitative estimate of drug-likeness (QED) is 0.774. The number of hydrogen-bond donors (Lipinski definition) is 2. The van der Waals surface area contributed by atoms with E-state index in [1.807, 2.05) is 32.9 Å². The van der Waals surface area contributed by atoms with Crippen molar-refractivity contribution in [1.82, 2.24) is 4.90 Å². The van der Waals surface area contributed by atoms with E-state index >= 15 is 0 Å². The van der Waals surface area contributed by atoms with E-state index in [-0.39, 0.29) is 11.5 Å². The summed E-state index contributed by atoms with van der Waals surface area (Å²) in [7, 11) is 1.59. The van der Waals surface area contributed by atoms with E-state index in [4.69, 9.17) is 10.5 Å². The first kappa shape index (κ1) is 14.5. The lowest BCUT2D eigenvalue weighted by molar-refractivity contribution is 0.0759. The van der Waals surface area contributed by atoms with Gasteiger partial charge in [-0.05, 0) is 35.1 Å². The maximum Gasteiger partial charge on any atom is 0.407 e. The molecular formula is C15H22N2O3. The Balaban J connectivity index is 2.57. The van der Waals surface area contributed by atoms with Gasteiger partial charge in [0.1, 0.15) is 5.75 Å². The number of anilines is 1. The Hall–Kier alpha value is -1.91. The minimum absolute atomic E-state index is 0.197. The number of carbonyl (C=O) groups is 1. The third-order valence-corrected chi connectivity index (χ3v) is 3.79. The number of hydrogen-bond acceptors (Lipinski definition) is 3. The molecule has 5 heteroatoms. The van der Waals surface area contributed by atoms with Gasteiger partial charge < -0.3 is 20.5 Å². The number of methoxy groups -OCH3 is 1. The topological polar surface area (TPSA) is 75.8 Å². The average Bonchev–Trinajstić information content (AvgIpc) is 2.35. The maximum absolute atomic E-state index is 11.5. The lowest BCUT2D eigenvalue weighted by atomic mass is 9.77. The molecule has 1 atom stereocenters. The standard InChI is InChI=1S/C15H22N2O3/c1-15(2,3)13-10-8-11(16)12(20-4)7-9(10)5-6-17(13)14(18)19/h7-8,13H,5-6,16H2,1-4H3,(H,18,19). The number of amides is 1. The van der Waals surface area contributed by atoms with E-state index in [0.717, 1.165) is 11.1 Å². The van der Waals surface area contributed by atoms with Gasteiger partial charge in [-0.15, -0.1) is 0 Å². The van der Waals surface area contributed by atoms with Crippen LogP contribution < -0.4 is 10.5 Å². The van der Waals surface area contributed by atoms with Gasteiger partial charge in [0, 0.05) is 6.54 Å². The van der Waals surface area contributed by atoms with Gasteiger partial charge in [0.05, 0.1) is 18.8 Å². The zero-order valence-electron chi connectivity index (χ0n) is 12.4. The number of ether oxygens (including phenoxy) is 1. The molecule has 0 bridgehead atoms. The monoisotopic (exact) mass is 278 g/mol. The van der Waals surface area contributed by atoms with Gasteiger partial charge in [0.2, 0.25) is 0 Å². The number of nitrogens with zero attached hydrogens (tertiary/aromatic N) is 1. The molecule has 5 nitrogen and oxygen atoms in total. The highest BCUT2D eigenvalue weighted by molar-refractivity contribution is 5.68. The third-order valence-electron chi connectivity index (χ3n) is 3.79. The van der Waals surface area contributed by atoms with Crippen LogP contribution in [0.25, 0.3) is 0 Å². The summed E-state index contributed by atoms with van der Waals surface area (Å²) in [6, 6.07) is 3.60. The predicted molar refractivity (Wildman–Crippen MR) is 78.0 cm³/mol. The smallest absolute Gasteiger partial charge is 0.407 e. The summed E-state index contributed by atoms with van der Waals surface area (Å²) in [5.41, 5.74) is 8.45. The number of benzene rings is 1. The van der Waals surface area contributed by atoms with E-state index in [0.29, 0.717) is 24.4 Å². The van der Waals surface area contributed by atoms with Crippen LogP contribution in [0.15, 0.2) is 12.1 Å². The highest BCUT2D eigenvalue weighted by atomic mass is 16.5. The molecule has 0 saturated heterocycles. The number of rotatable bonds is 1. The molecule has 0 aromatic heterocycles. The summed E-state index contributed by atoms with van der Waals surface area (Å²) >= 11 is 0. The largest absolute Gasteiger partial charge is 0.495 e. The molecule has 1 aromatic carbocycles. The Bertz CT molecular complexity index is 535. The lowest BCUT2D eigenvalue weighted by Crippen LogP contribution is -2.44. The molecule has 0 spiro atoms. The Morgan fingerprint density at radius 3 is 2.60 bits per heavy atom. The molecule has 1 aromatic rings. The molecule has 0 radical (unpaired) electrons. The molecule has 2 rings (SSSR count). The van der Waals surface area contributed by atoms with E-state index in [1.54, 1.807) is 7.11 Å². The second-order valence-electron chi connectivity index (χ2n) is 6.29. The zero-order chi connectivity index (χ0) is 15.1. The van der Waals surface area contributed by atoms with Crippen LogP contribution >= 0.6 is 0 Å². The Morgan fingerprint density at radius 1 is 1.45 bits per heavy atom. The van der Waals surface area contributed by atoms with Gasteiger partial charge in [-0.2, -0.15) is 0 Å². The molecule has 1 amide bonds. The molecule has 20 heavy (non-hydrogen) atoms. The van der Waals surface area contributed by atoms with Crippen molar-refractivity contribution in [2.75, 3.05) is 19.4 Å². The van der Waals surface area contributed by atoms with Crippen LogP contribution in [0.2, 0.25) is 0 Å². The minimum atomic E-state index is -0.884. The Morgan fingerprint density at radius 2 is 2.10 bits per heavy atom. The summed E-state index contributed by atoms with van der Waals surface area (Å²) < 4.78 is 5.25. The molecule has 110 valence electrons. The van der Waals surface area contributed by atoms with E-state index in [1.165, 1.54) is 4.90 Å². The second kappa shape index (κ2) is 4.89. The fourth-order valence-corrected chi connectivity index (χ4v) is 2.98. The molecule has 1 aliphatic rings. The molecule has 3 N–H and O–H groups in total. The normalized spacial score (nSPS) is 18.6. The predicted octanol–water partition coefficient (Wildman–Crippen LogP) is 2.90. The van der Waals surface area contributed by atoms with Crippen molar-refractivity contribution in [3.63, 3.8) is 0 Å². The van der Waals surface area contributed by atoms with Crippen LogP contribution in [0.5, 0.6) is 5.75 Å². The number of carboxylic acid groups (broad SMARTS) is 1. The molecular weight excluding hydrogens is 256 g/mol. The molecule has 0 saturated carbocycles. The minimum Gasteiger partial charge on any atom is -0.495 e. The van der Waals surface area contributed by atoms with Crippen molar-refractivity contribution >= 4 is 11.8 Å². The summed E-state index contributed by atoms with van der Waals surface area (Å²) in [5.74, 6) is 0.653. The van der Waals surface area contributed by atoms with Crippen molar-refractivity contribution < 1.29 is 14.6 Å². The summed E-state index contributed by atoms with van der Waals surface area (Å²) in [6.45, 7) is 6.63. The first-order valence-electron chi connectivity index (χ1n) is 6.71. The van der Waals surface area contributed by atoms with Crippen molar-refractivity contribution in [2.24, 2.45) is 5.41 Å². The van der Waals surface area contributed by atoms with Crippen LogP contribution in [-0.2, 0) is 6.42 Å². The Labute approximate surface area is 119 Å². The van der Waals surface area contributed by atoms with E-state index < -0.39 is 6.09 Å². The highest BCUT2D eigenvalue weighted by Gasteiger charge is 2.39. The van der Waals surface area contributed by atoms with Crippen molar-refractivity contribution in [3.05, 3.63) is 23.3 Å². The second-order valence-corrected chi connectivity index (χ2v) is 6.29. The SMILES string of the molecule is COc1cc2c(cc1N)C(C(C)(C)C)N(C(=O)O)CC2. The van der Waals surface area contributed by atoms with Crippen LogP contribution in [-0.4, -0.2) is 29.8 Å². The zero-order valence-corrected chi connectivity index (χ0v) is 12.4. The first-order valence-corrected chi connectivity index (χ1v) is 6.71. The first-order chi connectivity index (χ1) is 9.25. The fraction of sp³-hybridized carbons (Fsp3) is 0.533. The number of nitrogen functional groups attached to an aromatic ring is 1.